The molecular weight excluding hydrogens is 330 g/mol. The molecule has 0 nitrogen and oxygen atoms in total. The van der Waals surface area contributed by atoms with E-state index in [1.807, 2.05) is 12.2 Å². The van der Waals surface area contributed by atoms with Gasteiger partial charge in [0.1, 0.15) is 0 Å². The van der Waals surface area contributed by atoms with Gasteiger partial charge in [-0.1, -0.05) is 12.1 Å². The Labute approximate surface area is 134 Å². The number of hydrogen-bond acceptors (Lipinski definition) is 0. The predicted molar refractivity (Wildman–Crippen MR) is 60.2 cm³/mol. The first kappa shape index (κ1) is 19.1. The summed E-state index contributed by atoms with van der Waals surface area (Å²) in [6, 6.07) is 14.7. The Morgan fingerprint density at radius 2 is 1.82 bits per heavy atom. The molecule has 3 rings (SSSR count). The van der Waals surface area contributed by atoms with E-state index >= 15 is 0 Å². The Balaban J connectivity index is 0. The van der Waals surface area contributed by atoms with E-state index in [1.165, 1.54) is 11.1 Å². The molecule has 0 aromatic rings. The summed E-state index contributed by atoms with van der Waals surface area (Å²) in [7, 11) is 0. The van der Waals surface area contributed by atoms with Crippen molar-refractivity contribution < 1.29 is 51.0 Å². The number of halogens is 2. The van der Waals surface area contributed by atoms with Crippen LogP contribution in [0.2, 0.25) is 0 Å². The zero-order valence-corrected chi connectivity index (χ0v) is 13.2. The summed E-state index contributed by atoms with van der Waals surface area (Å²) >= 11 is 0. The first-order valence-electron chi connectivity index (χ1n) is 4.79. The maximum Gasteiger partial charge on any atom is 4.00 e. The minimum absolute atomic E-state index is 0. The van der Waals surface area contributed by atoms with Crippen LogP contribution in [0.5, 0.6) is 0 Å². The standard InChI is InChI=1S/C9H7.C5H5.2ClH.Zr/c1-2-5-9-7-3-6-8(9)4-1;1-2-4-5-3-1;;;/h1-7H;1-3H,4H2;2*1H;/q2*-1;;;+4/p-2. The first-order valence-corrected chi connectivity index (χ1v) is 4.79. The zero-order chi connectivity index (χ0) is 9.64. The minimum Gasteiger partial charge on any atom is -1.00 e. The molecular formula is C14H12Cl2Zr. The number of benzene rings is 1. The number of hydrogen-bond donors (Lipinski definition) is 0. The van der Waals surface area contributed by atoms with Crippen LogP contribution < -0.4 is 24.8 Å². The first-order chi connectivity index (χ1) is 6.97. The van der Waals surface area contributed by atoms with E-state index in [0.717, 1.165) is 6.42 Å². The van der Waals surface area contributed by atoms with E-state index in [-0.39, 0.29) is 51.0 Å². The van der Waals surface area contributed by atoms with Gasteiger partial charge < -0.3 is 24.8 Å². The second-order valence-electron chi connectivity index (χ2n) is 3.16. The summed E-state index contributed by atoms with van der Waals surface area (Å²) in [5.41, 5.74) is 2.66. The number of fused-ring (bicyclic) bond motifs is 1. The molecule has 3 aliphatic rings. The third-order valence-electron chi connectivity index (χ3n) is 2.13. The van der Waals surface area contributed by atoms with E-state index in [4.69, 9.17) is 0 Å². The Kier molecular flexibility index (Phi) is 12.3. The molecule has 0 atom stereocenters. The molecule has 0 unspecified atom stereocenters. The maximum atomic E-state index is 2.99. The molecule has 17 heavy (non-hydrogen) atoms. The molecule has 0 fully saturated rings. The molecule has 0 radical (unpaired) electrons. The van der Waals surface area contributed by atoms with Crippen molar-refractivity contribution in [1.29, 1.82) is 0 Å². The molecule has 0 saturated carbocycles. The zero-order valence-electron chi connectivity index (χ0n) is 9.24. The minimum atomic E-state index is 0. The van der Waals surface area contributed by atoms with Gasteiger partial charge in [-0.05, 0) is 0 Å². The second kappa shape index (κ2) is 10.9. The summed E-state index contributed by atoms with van der Waals surface area (Å²) in [5, 5.41) is 0. The van der Waals surface area contributed by atoms with Crippen LogP contribution in [0.1, 0.15) is 6.42 Å². The monoisotopic (exact) mass is 340 g/mol. The van der Waals surface area contributed by atoms with Gasteiger partial charge >= 0.3 is 26.2 Å². The van der Waals surface area contributed by atoms with Crippen LogP contribution in [0, 0.1) is 6.08 Å². The Morgan fingerprint density at radius 1 is 1.06 bits per heavy atom. The summed E-state index contributed by atoms with van der Waals surface area (Å²) in [4.78, 5) is 0. The van der Waals surface area contributed by atoms with Gasteiger partial charge in [-0.15, -0.1) is 23.6 Å². The van der Waals surface area contributed by atoms with E-state index in [1.54, 1.807) is 0 Å². The summed E-state index contributed by atoms with van der Waals surface area (Å²) in [5.74, 6) is 0. The molecule has 0 saturated heterocycles. The summed E-state index contributed by atoms with van der Waals surface area (Å²) in [6.07, 6.45) is 10.0. The molecule has 0 aliphatic heterocycles. The van der Waals surface area contributed by atoms with Gasteiger partial charge in [0.2, 0.25) is 0 Å². The van der Waals surface area contributed by atoms with Gasteiger partial charge in [0.25, 0.3) is 0 Å². The quantitative estimate of drug-likeness (QED) is 0.478. The fourth-order valence-corrected chi connectivity index (χ4v) is 1.41. The third-order valence-corrected chi connectivity index (χ3v) is 2.13. The van der Waals surface area contributed by atoms with Crippen molar-refractivity contribution in [3.63, 3.8) is 0 Å². The van der Waals surface area contributed by atoms with Crippen molar-refractivity contribution >= 4 is 0 Å². The van der Waals surface area contributed by atoms with Crippen molar-refractivity contribution in [3.05, 3.63) is 66.8 Å². The molecule has 0 aromatic heterocycles. The molecule has 0 aromatic carbocycles. The van der Waals surface area contributed by atoms with Crippen LogP contribution in [0.3, 0.4) is 0 Å². The SMILES string of the molecule is [C-]1=CC=CC1.[Cl-].[Cl-].[Zr+4].c1cc2cc[cH-]cc-2c1. The molecule has 3 aliphatic carbocycles. The van der Waals surface area contributed by atoms with Crippen molar-refractivity contribution in [2.75, 3.05) is 0 Å². The smallest absolute Gasteiger partial charge is 1.00 e. The van der Waals surface area contributed by atoms with Crippen LogP contribution in [0.15, 0.2) is 60.7 Å². The maximum absolute atomic E-state index is 2.99. The van der Waals surface area contributed by atoms with Crippen molar-refractivity contribution in [2.24, 2.45) is 0 Å². The van der Waals surface area contributed by atoms with E-state index in [0.29, 0.717) is 0 Å². The number of rotatable bonds is 0. The molecule has 0 amide bonds. The summed E-state index contributed by atoms with van der Waals surface area (Å²) in [6.45, 7) is 0. The Morgan fingerprint density at radius 3 is 2.35 bits per heavy atom. The van der Waals surface area contributed by atoms with Gasteiger partial charge in [0, 0.05) is 0 Å². The van der Waals surface area contributed by atoms with Crippen LogP contribution in [-0.4, -0.2) is 0 Å². The van der Waals surface area contributed by atoms with Crippen molar-refractivity contribution in [2.45, 2.75) is 6.42 Å². The number of allylic oxidation sites excluding steroid dienone is 4. The topological polar surface area (TPSA) is 0 Å². The van der Waals surface area contributed by atoms with Gasteiger partial charge in [0.15, 0.2) is 0 Å². The largest absolute Gasteiger partial charge is 4.00 e. The van der Waals surface area contributed by atoms with Crippen LogP contribution >= 0.6 is 0 Å². The van der Waals surface area contributed by atoms with Gasteiger partial charge in [-0.25, -0.2) is 12.2 Å². The van der Waals surface area contributed by atoms with Gasteiger partial charge in [0.05, 0.1) is 0 Å². The predicted octanol–water partition coefficient (Wildman–Crippen LogP) is -2.18. The summed E-state index contributed by atoms with van der Waals surface area (Å²) < 4.78 is 0. The fraction of sp³-hybridized carbons (Fsp3) is 0.0714. The van der Waals surface area contributed by atoms with Crippen molar-refractivity contribution in [1.82, 2.24) is 0 Å². The molecule has 0 N–H and O–H groups in total. The van der Waals surface area contributed by atoms with Crippen molar-refractivity contribution in [3.8, 4) is 11.1 Å². The van der Waals surface area contributed by atoms with E-state index < -0.39 is 0 Å². The van der Waals surface area contributed by atoms with Crippen LogP contribution in [-0.2, 0) is 26.2 Å². The van der Waals surface area contributed by atoms with Crippen LogP contribution in [0.25, 0.3) is 11.1 Å². The van der Waals surface area contributed by atoms with Gasteiger partial charge in [-0.2, -0.15) is 30.3 Å². The second-order valence-corrected chi connectivity index (χ2v) is 3.16. The molecule has 0 heterocycles. The molecule has 0 bridgehead atoms. The van der Waals surface area contributed by atoms with Gasteiger partial charge in [-0.3, -0.25) is 6.08 Å². The van der Waals surface area contributed by atoms with E-state index in [2.05, 4.69) is 54.6 Å². The molecule has 86 valence electrons. The fourth-order valence-electron chi connectivity index (χ4n) is 1.41. The third kappa shape index (κ3) is 6.31. The van der Waals surface area contributed by atoms with E-state index in [9.17, 15) is 0 Å². The molecule has 0 spiro atoms. The Bertz CT molecular complexity index is 381. The Hall–Kier alpha value is -0.227. The average molecular weight is 342 g/mol. The normalized spacial score (nSPS) is 10.6. The molecule has 3 heteroatoms. The average Bonchev–Trinajstić information content (AvgIpc) is 2.92. The van der Waals surface area contributed by atoms with Crippen LogP contribution in [0.4, 0.5) is 0 Å².